The monoisotopic (exact) mass is 349 g/mol. The quantitative estimate of drug-likeness (QED) is 0.875. The summed E-state index contributed by atoms with van der Waals surface area (Å²) in [5.74, 6) is -0.158. The van der Waals surface area contributed by atoms with E-state index in [1.165, 1.54) is 25.3 Å². The summed E-state index contributed by atoms with van der Waals surface area (Å²) in [4.78, 5) is 16.0. The normalized spacial score (nSPS) is 21.4. The first kappa shape index (κ1) is 18.0. The highest BCUT2D eigenvalue weighted by molar-refractivity contribution is 5.89. The van der Waals surface area contributed by atoms with Gasteiger partial charge < -0.3 is 20.2 Å². The van der Waals surface area contributed by atoms with Crippen molar-refractivity contribution in [1.82, 2.24) is 4.90 Å². The van der Waals surface area contributed by atoms with Gasteiger partial charge in [0, 0.05) is 44.4 Å². The zero-order chi connectivity index (χ0) is 17.8. The number of hydrogen-bond acceptors (Lipinski definition) is 3. The Labute approximate surface area is 148 Å². The second-order valence-electron chi connectivity index (χ2n) is 7.28. The summed E-state index contributed by atoms with van der Waals surface area (Å²) in [7, 11) is 1.95. The first-order chi connectivity index (χ1) is 12.1. The van der Waals surface area contributed by atoms with E-state index in [9.17, 15) is 9.18 Å². The van der Waals surface area contributed by atoms with E-state index in [1.807, 2.05) is 11.9 Å². The van der Waals surface area contributed by atoms with Crippen LogP contribution in [-0.2, 0) is 0 Å². The molecule has 3 rings (SSSR count). The van der Waals surface area contributed by atoms with Crippen molar-refractivity contribution in [3.63, 3.8) is 0 Å². The molecule has 1 aromatic carbocycles. The van der Waals surface area contributed by atoms with Gasteiger partial charge in [0.15, 0.2) is 0 Å². The zero-order valence-electron chi connectivity index (χ0n) is 14.9. The molecule has 1 aliphatic carbocycles. The average molecular weight is 349 g/mol. The molecule has 6 heteroatoms. The van der Waals surface area contributed by atoms with Gasteiger partial charge in [-0.15, -0.1) is 0 Å². The zero-order valence-corrected chi connectivity index (χ0v) is 14.9. The molecule has 1 saturated carbocycles. The van der Waals surface area contributed by atoms with E-state index in [-0.39, 0.29) is 24.4 Å². The van der Waals surface area contributed by atoms with Crippen LogP contribution in [0.2, 0.25) is 0 Å². The number of rotatable bonds is 4. The molecule has 1 heterocycles. The topological polar surface area (TPSA) is 55.8 Å². The molecule has 2 fully saturated rings. The lowest BCUT2D eigenvalue weighted by Crippen LogP contribution is -2.34. The fraction of sp³-hybridized carbons (Fsp3) is 0.632. The van der Waals surface area contributed by atoms with Gasteiger partial charge in [0.05, 0.1) is 5.69 Å². The number of likely N-dealkylation sites (tertiary alicyclic amines) is 1. The van der Waals surface area contributed by atoms with Crippen LogP contribution >= 0.6 is 0 Å². The lowest BCUT2D eigenvalue weighted by Gasteiger charge is -2.33. The summed E-state index contributed by atoms with van der Waals surface area (Å²) < 4.78 is 14.6. The lowest BCUT2D eigenvalue weighted by molar-refractivity contribution is 0.209. The van der Waals surface area contributed by atoms with E-state index in [4.69, 9.17) is 5.11 Å². The SMILES string of the molecule is CN(c1ccc(NC(=O)N2CCC(CO)C2)cc1F)C1CCCCC1. The molecular formula is C19H28FN3O2. The molecule has 1 saturated heterocycles. The number of aliphatic hydroxyl groups is 1. The highest BCUT2D eigenvalue weighted by Gasteiger charge is 2.26. The third-order valence-electron chi connectivity index (χ3n) is 5.53. The van der Waals surface area contributed by atoms with Gasteiger partial charge in [0.1, 0.15) is 5.82 Å². The standard InChI is InChI=1S/C19H28FN3O2/c1-22(16-5-3-2-4-6-16)18-8-7-15(11-17(18)20)21-19(25)23-10-9-14(12-23)13-24/h7-8,11,14,16,24H,2-6,9-10,12-13H2,1H3,(H,21,25). The Kier molecular flexibility index (Phi) is 5.78. The minimum atomic E-state index is -0.305. The molecule has 0 bridgehead atoms. The van der Waals surface area contributed by atoms with Crippen LogP contribution in [-0.4, -0.2) is 48.8 Å². The van der Waals surface area contributed by atoms with Gasteiger partial charge in [-0.05, 0) is 37.5 Å². The summed E-state index contributed by atoms with van der Waals surface area (Å²) in [5.41, 5.74) is 1.06. The van der Waals surface area contributed by atoms with Crippen molar-refractivity contribution < 1.29 is 14.3 Å². The van der Waals surface area contributed by atoms with Gasteiger partial charge in [-0.3, -0.25) is 0 Å². The fourth-order valence-electron chi connectivity index (χ4n) is 3.90. The van der Waals surface area contributed by atoms with Crippen LogP contribution in [0, 0.1) is 11.7 Å². The maximum Gasteiger partial charge on any atom is 0.321 e. The largest absolute Gasteiger partial charge is 0.396 e. The number of hydrogen-bond donors (Lipinski definition) is 2. The third-order valence-corrected chi connectivity index (χ3v) is 5.53. The number of carbonyl (C=O) groups excluding carboxylic acids is 1. The van der Waals surface area contributed by atoms with E-state index < -0.39 is 0 Å². The van der Waals surface area contributed by atoms with Crippen molar-refractivity contribution in [2.75, 3.05) is 37.0 Å². The number of carbonyl (C=O) groups is 1. The van der Waals surface area contributed by atoms with Crippen molar-refractivity contribution in [2.45, 2.75) is 44.6 Å². The van der Waals surface area contributed by atoms with E-state index >= 15 is 0 Å². The molecule has 25 heavy (non-hydrogen) atoms. The Hall–Kier alpha value is -1.82. The van der Waals surface area contributed by atoms with Crippen LogP contribution < -0.4 is 10.2 Å². The van der Waals surface area contributed by atoms with Gasteiger partial charge in [-0.2, -0.15) is 0 Å². The van der Waals surface area contributed by atoms with Gasteiger partial charge in [0.2, 0.25) is 0 Å². The van der Waals surface area contributed by atoms with E-state index in [2.05, 4.69) is 5.32 Å². The number of halogens is 1. The Morgan fingerprint density at radius 1 is 1.32 bits per heavy atom. The molecule has 138 valence electrons. The Bertz CT molecular complexity index is 604. The summed E-state index contributed by atoms with van der Waals surface area (Å²) in [6.45, 7) is 1.27. The van der Waals surface area contributed by atoms with Crippen LogP contribution in [0.15, 0.2) is 18.2 Å². The molecule has 0 spiro atoms. The highest BCUT2D eigenvalue weighted by Crippen LogP contribution is 2.29. The van der Waals surface area contributed by atoms with Crippen molar-refractivity contribution in [2.24, 2.45) is 5.92 Å². The molecule has 1 aliphatic heterocycles. The van der Waals surface area contributed by atoms with Crippen LogP contribution in [0.4, 0.5) is 20.6 Å². The Balaban J connectivity index is 1.62. The number of amides is 2. The van der Waals surface area contributed by atoms with Crippen LogP contribution in [0.25, 0.3) is 0 Å². The van der Waals surface area contributed by atoms with Crippen molar-refractivity contribution in [3.8, 4) is 0 Å². The number of urea groups is 1. The van der Waals surface area contributed by atoms with E-state index in [1.54, 1.807) is 17.0 Å². The minimum absolute atomic E-state index is 0.0978. The predicted molar refractivity (Wildman–Crippen MR) is 97.5 cm³/mol. The molecule has 0 aromatic heterocycles. The lowest BCUT2D eigenvalue weighted by atomic mass is 9.94. The molecular weight excluding hydrogens is 321 g/mol. The minimum Gasteiger partial charge on any atom is -0.396 e. The second-order valence-corrected chi connectivity index (χ2v) is 7.28. The first-order valence-electron chi connectivity index (χ1n) is 9.27. The molecule has 2 N–H and O–H groups in total. The van der Waals surface area contributed by atoms with Gasteiger partial charge in [0.25, 0.3) is 0 Å². The molecule has 1 aromatic rings. The van der Waals surface area contributed by atoms with Crippen molar-refractivity contribution in [3.05, 3.63) is 24.0 Å². The fourth-order valence-corrected chi connectivity index (χ4v) is 3.90. The van der Waals surface area contributed by atoms with Crippen LogP contribution in [0.3, 0.4) is 0 Å². The summed E-state index contributed by atoms with van der Waals surface area (Å²) in [6.07, 6.45) is 6.70. The number of aliphatic hydroxyl groups excluding tert-OH is 1. The Morgan fingerprint density at radius 2 is 2.08 bits per heavy atom. The maximum atomic E-state index is 14.6. The van der Waals surface area contributed by atoms with Crippen molar-refractivity contribution >= 4 is 17.4 Å². The molecule has 2 aliphatic rings. The predicted octanol–water partition coefficient (Wildman–Crippen LogP) is 3.44. The second kappa shape index (κ2) is 8.04. The third kappa shape index (κ3) is 4.24. The number of benzene rings is 1. The van der Waals surface area contributed by atoms with Crippen LogP contribution in [0.1, 0.15) is 38.5 Å². The average Bonchev–Trinajstić information content (AvgIpc) is 3.11. The van der Waals surface area contributed by atoms with Gasteiger partial charge in [-0.25, -0.2) is 9.18 Å². The van der Waals surface area contributed by atoms with Crippen molar-refractivity contribution in [1.29, 1.82) is 0 Å². The summed E-state index contributed by atoms with van der Waals surface area (Å²) in [6, 6.07) is 5.06. The molecule has 2 amide bonds. The van der Waals surface area contributed by atoms with Gasteiger partial charge in [-0.1, -0.05) is 19.3 Å². The Morgan fingerprint density at radius 3 is 2.72 bits per heavy atom. The molecule has 5 nitrogen and oxygen atoms in total. The van der Waals surface area contributed by atoms with Gasteiger partial charge >= 0.3 is 6.03 Å². The smallest absolute Gasteiger partial charge is 0.321 e. The number of anilines is 2. The summed E-state index contributed by atoms with van der Waals surface area (Å²) >= 11 is 0. The molecule has 0 radical (unpaired) electrons. The number of nitrogens with zero attached hydrogens (tertiary/aromatic N) is 2. The highest BCUT2D eigenvalue weighted by atomic mass is 19.1. The van der Waals surface area contributed by atoms with Crippen LogP contribution in [0.5, 0.6) is 0 Å². The first-order valence-corrected chi connectivity index (χ1v) is 9.27. The van der Waals surface area contributed by atoms with E-state index in [0.717, 1.165) is 19.3 Å². The van der Waals surface area contributed by atoms with E-state index in [0.29, 0.717) is 30.5 Å². The number of nitrogens with one attached hydrogen (secondary N) is 1. The molecule has 1 atom stereocenters. The maximum absolute atomic E-state index is 14.6. The summed E-state index contributed by atoms with van der Waals surface area (Å²) in [5, 5.41) is 11.9. The molecule has 1 unspecified atom stereocenters.